The van der Waals surface area contributed by atoms with Crippen LogP contribution in [0, 0.1) is 0 Å². The fourth-order valence-electron chi connectivity index (χ4n) is 1.52. The molecule has 0 saturated carbocycles. The summed E-state index contributed by atoms with van der Waals surface area (Å²) >= 11 is 0. The number of carboxylic acids is 1. The fourth-order valence-corrected chi connectivity index (χ4v) is 1.52. The van der Waals surface area contributed by atoms with Crippen molar-refractivity contribution in [2.75, 3.05) is 5.84 Å². The molecule has 0 unspecified atom stereocenters. The molecule has 4 heteroatoms. The molecular weight excluding hydrogens is 192 g/mol. The molecular formula is C11H10N2O2. The van der Waals surface area contributed by atoms with Crippen LogP contribution in [-0.4, -0.2) is 15.8 Å². The van der Waals surface area contributed by atoms with E-state index in [4.69, 9.17) is 10.9 Å². The zero-order chi connectivity index (χ0) is 10.8. The molecule has 0 fully saturated rings. The van der Waals surface area contributed by atoms with Gasteiger partial charge in [-0.1, -0.05) is 12.1 Å². The van der Waals surface area contributed by atoms with Crippen molar-refractivity contribution in [3.05, 3.63) is 42.1 Å². The Hall–Kier alpha value is -2.23. The Morgan fingerprint density at radius 3 is 2.93 bits per heavy atom. The average Bonchev–Trinajstić information content (AvgIpc) is 2.58. The third-order valence-electron chi connectivity index (χ3n) is 2.20. The number of fused-ring (bicyclic) bond motifs is 1. The van der Waals surface area contributed by atoms with Crippen molar-refractivity contribution in [1.29, 1.82) is 0 Å². The largest absolute Gasteiger partial charge is 0.478 e. The summed E-state index contributed by atoms with van der Waals surface area (Å²) in [6, 6.07) is 7.43. The van der Waals surface area contributed by atoms with Crippen molar-refractivity contribution < 1.29 is 9.90 Å². The van der Waals surface area contributed by atoms with Gasteiger partial charge in [0.15, 0.2) is 0 Å². The number of benzene rings is 1. The van der Waals surface area contributed by atoms with Crippen LogP contribution in [0.15, 0.2) is 36.5 Å². The molecule has 3 N–H and O–H groups in total. The quantitative estimate of drug-likeness (QED) is 0.572. The van der Waals surface area contributed by atoms with Gasteiger partial charge >= 0.3 is 5.97 Å². The molecule has 0 aliphatic heterocycles. The number of rotatable bonds is 2. The van der Waals surface area contributed by atoms with E-state index in [2.05, 4.69) is 0 Å². The summed E-state index contributed by atoms with van der Waals surface area (Å²) in [4.78, 5) is 10.4. The number of aliphatic carboxylic acids is 1. The third-order valence-corrected chi connectivity index (χ3v) is 2.20. The number of nitrogens with two attached hydrogens (primary N) is 1. The van der Waals surface area contributed by atoms with Crippen LogP contribution in [0.3, 0.4) is 0 Å². The first-order valence-electron chi connectivity index (χ1n) is 4.44. The van der Waals surface area contributed by atoms with Crippen molar-refractivity contribution in [3.8, 4) is 0 Å². The molecule has 1 aromatic heterocycles. The number of nitrogen functional groups attached to an aromatic ring is 1. The van der Waals surface area contributed by atoms with E-state index < -0.39 is 5.97 Å². The smallest absolute Gasteiger partial charge is 0.328 e. The van der Waals surface area contributed by atoms with Gasteiger partial charge in [0.2, 0.25) is 0 Å². The highest BCUT2D eigenvalue weighted by molar-refractivity contribution is 5.93. The number of carbonyl (C=O) groups is 1. The number of hydrogen-bond acceptors (Lipinski definition) is 2. The Bertz CT molecular complexity index is 541. The van der Waals surface area contributed by atoms with Crippen LogP contribution in [0.2, 0.25) is 0 Å². The highest BCUT2D eigenvalue weighted by Gasteiger charge is 2.01. The lowest BCUT2D eigenvalue weighted by Crippen LogP contribution is -2.04. The summed E-state index contributed by atoms with van der Waals surface area (Å²) in [5.74, 6) is 4.72. The summed E-state index contributed by atoms with van der Waals surface area (Å²) in [6.07, 6.45) is 4.41. The molecule has 0 radical (unpaired) electrons. The van der Waals surface area contributed by atoms with Gasteiger partial charge in [0, 0.05) is 17.7 Å². The zero-order valence-corrected chi connectivity index (χ0v) is 7.92. The van der Waals surface area contributed by atoms with E-state index in [-0.39, 0.29) is 0 Å². The van der Waals surface area contributed by atoms with Crippen LogP contribution in [0.25, 0.3) is 17.0 Å². The molecule has 15 heavy (non-hydrogen) atoms. The Balaban J connectivity index is 2.56. The second kappa shape index (κ2) is 3.49. The minimum atomic E-state index is -0.959. The van der Waals surface area contributed by atoms with Crippen LogP contribution in [0.4, 0.5) is 0 Å². The Kier molecular flexibility index (Phi) is 2.17. The lowest BCUT2D eigenvalue weighted by Gasteiger charge is -1.98. The molecule has 2 aromatic rings. The van der Waals surface area contributed by atoms with Gasteiger partial charge in [0.05, 0.1) is 5.52 Å². The van der Waals surface area contributed by atoms with E-state index in [0.717, 1.165) is 22.5 Å². The monoisotopic (exact) mass is 202 g/mol. The lowest BCUT2D eigenvalue weighted by molar-refractivity contribution is -0.131. The van der Waals surface area contributed by atoms with E-state index in [0.29, 0.717) is 0 Å². The summed E-state index contributed by atoms with van der Waals surface area (Å²) < 4.78 is 1.51. The molecule has 0 bridgehead atoms. The van der Waals surface area contributed by atoms with E-state index >= 15 is 0 Å². The van der Waals surface area contributed by atoms with Crippen molar-refractivity contribution >= 4 is 22.9 Å². The number of hydrogen-bond donors (Lipinski definition) is 2. The lowest BCUT2D eigenvalue weighted by atomic mass is 10.1. The third kappa shape index (κ3) is 1.69. The van der Waals surface area contributed by atoms with Crippen LogP contribution < -0.4 is 5.84 Å². The second-order valence-corrected chi connectivity index (χ2v) is 3.17. The number of nitrogens with zero attached hydrogens (tertiary/aromatic N) is 1. The number of carboxylic acid groups (broad SMARTS) is 1. The zero-order valence-electron chi connectivity index (χ0n) is 7.92. The molecule has 1 aromatic carbocycles. The van der Waals surface area contributed by atoms with E-state index in [1.165, 1.54) is 4.68 Å². The minimum Gasteiger partial charge on any atom is -0.478 e. The van der Waals surface area contributed by atoms with Gasteiger partial charge in [0.1, 0.15) is 0 Å². The molecule has 0 atom stereocenters. The highest BCUT2D eigenvalue weighted by atomic mass is 16.4. The predicted octanol–water partition coefficient (Wildman–Crippen LogP) is 1.45. The van der Waals surface area contributed by atoms with Crippen molar-refractivity contribution in [3.63, 3.8) is 0 Å². The highest BCUT2D eigenvalue weighted by Crippen LogP contribution is 2.19. The van der Waals surface area contributed by atoms with Gasteiger partial charge in [-0.15, -0.1) is 0 Å². The standard InChI is InChI=1S/C11H10N2O2/c12-13-7-6-9-8(4-5-11(14)15)2-1-3-10(9)13/h1-7H,12H2,(H,14,15)/b5-4+. The first kappa shape index (κ1) is 9.33. The maximum absolute atomic E-state index is 10.4. The summed E-state index contributed by atoms with van der Waals surface area (Å²) in [6.45, 7) is 0. The number of aromatic nitrogens is 1. The van der Waals surface area contributed by atoms with Crippen LogP contribution >= 0.6 is 0 Å². The first-order valence-corrected chi connectivity index (χ1v) is 4.44. The normalized spacial score (nSPS) is 11.2. The summed E-state index contributed by atoms with van der Waals surface area (Å²) in [7, 11) is 0. The van der Waals surface area contributed by atoms with Gasteiger partial charge in [-0.3, -0.25) is 4.68 Å². The van der Waals surface area contributed by atoms with Crippen LogP contribution in [0.1, 0.15) is 5.56 Å². The predicted molar refractivity (Wildman–Crippen MR) is 58.8 cm³/mol. The summed E-state index contributed by atoms with van der Waals surface area (Å²) in [5, 5.41) is 9.48. The Morgan fingerprint density at radius 1 is 1.40 bits per heavy atom. The second-order valence-electron chi connectivity index (χ2n) is 3.17. The van der Waals surface area contributed by atoms with E-state index in [1.807, 2.05) is 24.3 Å². The molecule has 4 nitrogen and oxygen atoms in total. The maximum Gasteiger partial charge on any atom is 0.328 e. The Labute approximate surface area is 86.2 Å². The van der Waals surface area contributed by atoms with Crippen LogP contribution in [0.5, 0.6) is 0 Å². The molecule has 0 amide bonds. The maximum atomic E-state index is 10.4. The van der Waals surface area contributed by atoms with Gasteiger partial charge in [-0.05, 0) is 23.8 Å². The average molecular weight is 202 g/mol. The molecule has 0 aliphatic rings. The first-order chi connectivity index (χ1) is 7.18. The fraction of sp³-hybridized carbons (Fsp3) is 0. The van der Waals surface area contributed by atoms with E-state index in [1.54, 1.807) is 12.3 Å². The van der Waals surface area contributed by atoms with Crippen molar-refractivity contribution in [1.82, 2.24) is 4.68 Å². The molecule has 2 rings (SSSR count). The topological polar surface area (TPSA) is 68.2 Å². The van der Waals surface area contributed by atoms with Gasteiger partial charge in [0.25, 0.3) is 0 Å². The van der Waals surface area contributed by atoms with Crippen molar-refractivity contribution in [2.24, 2.45) is 0 Å². The Morgan fingerprint density at radius 2 is 2.20 bits per heavy atom. The molecule has 1 heterocycles. The molecule has 0 aliphatic carbocycles. The van der Waals surface area contributed by atoms with Gasteiger partial charge < -0.3 is 10.9 Å². The van der Waals surface area contributed by atoms with Gasteiger partial charge in [-0.25, -0.2) is 4.79 Å². The molecule has 76 valence electrons. The van der Waals surface area contributed by atoms with Crippen LogP contribution in [-0.2, 0) is 4.79 Å². The van der Waals surface area contributed by atoms with Crippen molar-refractivity contribution in [2.45, 2.75) is 0 Å². The SMILES string of the molecule is Nn1ccc2c(/C=C/C(=O)O)cccc21. The van der Waals surface area contributed by atoms with E-state index in [9.17, 15) is 4.79 Å². The minimum absolute atomic E-state index is 0.846. The van der Waals surface area contributed by atoms with Gasteiger partial charge in [-0.2, -0.15) is 0 Å². The molecule has 0 saturated heterocycles. The molecule has 0 spiro atoms. The summed E-state index contributed by atoms with van der Waals surface area (Å²) in [5.41, 5.74) is 1.72.